The summed E-state index contributed by atoms with van der Waals surface area (Å²) in [4.78, 5) is 19.1. The minimum absolute atomic E-state index is 0.103. The predicted molar refractivity (Wildman–Crippen MR) is 97.2 cm³/mol. The minimum atomic E-state index is 0.103. The maximum atomic E-state index is 12.6. The standard InChI is InChI=1S/C19H29N3O2/c1-5-6-9-21(4)19(24)13-22-17-12-15(3)14(2)11-16(17)20-18(22)8-7-10-23/h11-12,23H,5-10,13H2,1-4H3. The molecule has 2 aromatic rings. The molecule has 0 aliphatic rings. The van der Waals surface area contributed by atoms with Crippen molar-refractivity contribution in [1.29, 1.82) is 0 Å². The molecular formula is C19H29N3O2. The molecule has 1 aromatic heterocycles. The molecule has 0 spiro atoms. The fourth-order valence-electron chi connectivity index (χ4n) is 2.81. The van der Waals surface area contributed by atoms with Gasteiger partial charge in [-0.3, -0.25) is 4.79 Å². The number of aliphatic hydroxyl groups excluding tert-OH is 1. The van der Waals surface area contributed by atoms with E-state index in [0.29, 0.717) is 19.4 Å². The van der Waals surface area contributed by atoms with Gasteiger partial charge in [0.15, 0.2) is 0 Å². The molecule has 1 N–H and O–H groups in total. The van der Waals surface area contributed by atoms with Crippen LogP contribution in [0, 0.1) is 13.8 Å². The molecule has 1 amide bonds. The van der Waals surface area contributed by atoms with Crippen LogP contribution in [0.2, 0.25) is 0 Å². The van der Waals surface area contributed by atoms with Crippen LogP contribution in [0.1, 0.15) is 43.1 Å². The monoisotopic (exact) mass is 331 g/mol. The third-order valence-electron chi connectivity index (χ3n) is 4.57. The number of aromatic nitrogens is 2. The number of hydrogen-bond acceptors (Lipinski definition) is 3. The Morgan fingerprint density at radius 1 is 1.25 bits per heavy atom. The lowest BCUT2D eigenvalue weighted by Gasteiger charge is -2.18. The Hall–Kier alpha value is -1.88. The highest BCUT2D eigenvalue weighted by molar-refractivity contribution is 5.82. The van der Waals surface area contributed by atoms with Gasteiger partial charge < -0.3 is 14.6 Å². The molecule has 24 heavy (non-hydrogen) atoms. The lowest BCUT2D eigenvalue weighted by molar-refractivity contribution is -0.130. The second kappa shape index (κ2) is 8.29. The Morgan fingerprint density at radius 2 is 1.96 bits per heavy atom. The Kier molecular flexibility index (Phi) is 6.37. The topological polar surface area (TPSA) is 58.4 Å². The summed E-state index contributed by atoms with van der Waals surface area (Å²) < 4.78 is 2.02. The lowest BCUT2D eigenvalue weighted by Crippen LogP contribution is -2.31. The Morgan fingerprint density at radius 3 is 2.62 bits per heavy atom. The van der Waals surface area contributed by atoms with E-state index in [1.54, 1.807) is 4.90 Å². The number of rotatable bonds is 8. The second-order valence-electron chi connectivity index (χ2n) is 6.54. The molecule has 1 aromatic carbocycles. The number of carbonyl (C=O) groups is 1. The Bertz CT molecular complexity index is 706. The van der Waals surface area contributed by atoms with Crippen molar-refractivity contribution in [3.63, 3.8) is 0 Å². The van der Waals surface area contributed by atoms with E-state index in [4.69, 9.17) is 10.1 Å². The molecule has 0 fully saturated rings. The second-order valence-corrected chi connectivity index (χ2v) is 6.54. The molecule has 0 saturated heterocycles. The normalized spacial score (nSPS) is 11.2. The Balaban J connectivity index is 2.34. The summed E-state index contributed by atoms with van der Waals surface area (Å²) in [7, 11) is 1.86. The molecule has 0 atom stereocenters. The maximum Gasteiger partial charge on any atom is 0.242 e. The van der Waals surface area contributed by atoms with Crippen molar-refractivity contribution >= 4 is 16.9 Å². The molecule has 0 unspecified atom stereocenters. The van der Waals surface area contributed by atoms with Crippen LogP contribution >= 0.6 is 0 Å². The number of aliphatic hydroxyl groups is 1. The summed E-state index contributed by atoms with van der Waals surface area (Å²) in [6, 6.07) is 4.19. The number of likely N-dealkylation sites (N-methyl/N-ethyl adjacent to an activating group) is 1. The van der Waals surface area contributed by atoms with Crippen LogP contribution in [0.3, 0.4) is 0 Å². The van der Waals surface area contributed by atoms with Gasteiger partial charge in [0, 0.05) is 26.6 Å². The van der Waals surface area contributed by atoms with Crippen LogP contribution in [0.25, 0.3) is 11.0 Å². The van der Waals surface area contributed by atoms with Crippen molar-refractivity contribution in [3.05, 3.63) is 29.1 Å². The van der Waals surface area contributed by atoms with E-state index in [9.17, 15) is 4.79 Å². The van der Waals surface area contributed by atoms with Crippen molar-refractivity contribution in [2.75, 3.05) is 20.2 Å². The first-order valence-corrected chi connectivity index (χ1v) is 8.79. The number of fused-ring (bicyclic) bond motifs is 1. The zero-order valence-electron chi connectivity index (χ0n) is 15.3. The third-order valence-corrected chi connectivity index (χ3v) is 4.57. The number of carbonyl (C=O) groups excluding carboxylic acids is 1. The molecule has 5 heteroatoms. The predicted octanol–water partition coefficient (Wildman–Crippen LogP) is 2.84. The number of nitrogens with zero attached hydrogens (tertiary/aromatic N) is 3. The fourth-order valence-corrected chi connectivity index (χ4v) is 2.81. The van der Waals surface area contributed by atoms with E-state index in [2.05, 4.69) is 32.9 Å². The van der Waals surface area contributed by atoms with Crippen LogP contribution in [-0.2, 0) is 17.8 Å². The summed E-state index contributed by atoms with van der Waals surface area (Å²) >= 11 is 0. The first kappa shape index (κ1) is 18.5. The molecule has 0 radical (unpaired) electrons. The first-order chi connectivity index (χ1) is 11.5. The molecule has 1 heterocycles. The highest BCUT2D eigenvalue weighted by atomic mass is 16.3. The van der Waals surface area contributed by atoms with E-state index < -0.39 is 0 Å². The van der Waals surface area contributed by atoms with Gasteiger partial charge in [0.05, 0.1) is 11.0 Å². The summed E-state index contributed by atoms with van der Waals surface area (Å²) in [5.41, 5.74) is 4.33. The molecule has 5 nitrogen and oxygen atoms in total. The van der Waals surface area contributed by atoms with Gasteiger partial charge in [-0.15, -0.1) is 0 Å². The number of benzene rings is 1. The summed E-state index contributed by atoms with van der Waals surface area (Å²) in [5, 5.41) is 9.14. The molecule has 0 aliphatic heterocycles. The summed E-state index contributed by atoms with van der Waals surface area (Å²) in [6.07, 6.45) is 3.42. The van der Waals surface area contributed by atoms with E-state index in [0.717, 1.165) is 36.2 Å². The van der Waals surface area contributed by atoms with Gasteiger partial charge in [0.25, 0.3) is 0 Å². The van der Waals surface area contributed by atoms with Crippen LogP contribution in [0.15, 0.2) is 12.1 Å². The molecule has 2 rings (SSSR count). The van der Waals surface area contributed by atoms with Gasteiger partial charge in [-0.1, -0.05) is 13.3 Å². The fraction of sp³-hybridized carbons (Fsp3) is 0.579. The summed E-state index contributed by atoms with van der Waals surface area (Å²) in [6.45, 7) is 7.50. The third kappa shape index (κ3) is 4.15. The van der Waals surface area contributed by atoms with Crippen molar-refractivity contribution in [1.82, 2.24) is 14.5 Å². The van der Waals surface area contributed by atoms with Crippen molar-refractivity contribution < 1.29 is 9.90 Å². The number of aryl methyl sites for hydroxylation is 3. The van der Waals surface area contributed by atoms with Crippen LogP contribution in [0.5, 0.6) is 0 Å². The molecule has 0 aliphatic carbocycles. The van der Waals surface area contributed by atoms with Gasteiger partial charge in [0.1, 0.15) is 12.4 Å². The van der Waals surface area contributed by atoms with Crippen molar-refractivity contribution in [3.8, 4) is 0 Å². The van der Waals surface area contributed by atoms with Gasteiger partial charge in [0.2, 0.25) is 5.91 Å². The molecular weight excluding hydrogens is 302 g/mol. The van der Waals surface area contributed by atoms with Gasteiger partial charge in [-0.2, -0.15) is 0 Å². The van der Waals surface area contributed by atoms with Gasteiger partial charge >= 0.3 is 0 Å². The van der Waals surface area contributed by atoms with Crippen LogP contribution in [-0.4, -0.2) is 45.7 Å². The van der Waals surface area contributed by atoms with Gasteiger partial charge in [-0.05, 0) is 49.9 Å². The zero-order chi connectivity index (χ0) is 17.7. The van der Waals surface area contributed by atoms with Crippen LogP contribution in [0.4, 0.5) is 0 Å². The van der Waals surface area contributed by atoms with E-state index >= 15 is 0 Å². The van der Waals surface area contributed by atoms with E-state index in [1.807, 2.05) is 11.6 Å². The van der Waals surface area contributed by atoms with Gasteiger partial charge in [-0.25, -0.2) is 4.98 Å². The number of amides is 1. The maximum absolute atomic E-state index is 12.6. The minimum Gasteiger partial charge on any atom is -0.396 e. The highest BCUT2D eigenvalue weighted by Gasteiger charge is 2.16. The number of unbranched alkanes of at least 4 members (excludes halogenated alkanes) is 1. The number of hydrogen-bond donors (Lipinski definition) is 1. The lowest BCUT2D eigenvalue weighted by atomic mass is 10.1. The average molecular weight is 331 g/mol. The smallest absolute Gasteiger partial charge is 0.242 e. The largest absolute Gasteiger partial charge is 0.396 e. The number of imidazole rings is 1. The quantitative estimate of drug-likeness (QED) is 0.809. The highest BCUT2D eigenvalue weighted by Crippen LogP contribution is 2.22. The molecule has 132 valence electrons. The van der Waals surface area contributed by atoms with Crippen LogP contribution < -0.4 is 0 Å². The SMILES string of the molecule is CCCCN(C)C(=O)Cn1c(CCCO)nc2cc(C)c(C)cc21. The molecule has 0 saturated carbocycles. The Labute approximate surface area is 144 Å². The summed E-state index contributed by atoms with van der Waals surface area (Å²) in [5.74, 6) is 0.979. The van der Waals surface area contributed by atoms with E-state index in [-0.39, 0.29) is 12.5 Å². The average Bonchev–Trinajstić information content (AvgIpc) is 2.87. The van der Waals surface area contributed by atoms with E-state index in [1.165, 1.54) is 11.1 Å². The zero-order valence-corrected chi connectivity index (χ0v) is 15.3. The first-order valence-electron chi connectivity index (χ1n) is 8.79. The van der Waals surface area contributed by atoms with Crippen molar-refractivity contribution in [2.45, 2.75) is 53.0 Å². The van der Waals surface area contributed by atoms with Crippen molar-refractivity contribution in [2.24, 2.45) is 0 Å². The molecule has 0 bridgehead atoms.